The zero-order valence-corrected chi connectivity index (χ0v) is 23.9. The highest BCUT2D eigenvalue weighted by Gasteiger charge is 2.28. The van der Waals surface area contributed by atoms with Gasteiger partial charge in [0.25, 0.3) is 0 Å². The van der Waals surface area contributed by atoms with Gasteiger partial charge in [-0.2, -0.15) is 8.78 Å². The Hall–Kier alpha value is -2.44. The van der Waals surface area contributed by atoms with Crippen LogP contribution in [0.1, 0.15) is 6.42 Å². The van der Waals surface area contributed by atoms with Gasteiger partial charge in [-0.25, -0.2) is 13.2 Å². The average Bonchev–Trinajstić information content (AvgIpc) is 3.00. The van der Waals surface area contributed by atoms with E-state index in [0.29, 0.717) is 85.9 Å². The lowest BCUT2D eigenvalue weighted by Crippen LogP contribution is -2.16. The SMILES string of the molecule is C=COCCOCCOCCOCCOCCOCCOCCOCCOCCC(=O)Oc1c(F)c(F)c(F)c(F)c1F. The molecular formula is C27H39F5O11. The molecule has 1 rings (SSSR count). The van der Waals surface area contributed by atoms with E-state index in [2.05, 4.69) is 11.3 Å². The van der Waals surface area contributed by atoms with Gasteiger partial charge in [-0.05, 0) is 0 Å². The van der Waals surface area contributed by atoms with Gasteiger partial charge in [-0.1, -0.05) is 6.58 Å². The highest BCUT2D eigenvalue weighted by molar-refractivity contribution is 5.72. The Morgan fingerprint density at radius 2 is 0.744 bits per heavy atom. The van der Waals surface area contributed by atoms with Crippen molar-refractivity contribution in [1.29, 1.82) is 0 Å². The lowest BCUT2D eigenvalue weighted by molar-refractivity contribution is -0.136. The largest absolute Gasteiger partial charge is 0.499 e. The lowest BCUT2D eigenvalue weighted by atomic mass is 10.2. The van der Waals surface area contributed by atoms with Gasteiger partial charge < -0.3 is 47.4 Å². The molecule has 0 heterocycles. The summed E-state index contributed by atoms with van der Waals surface area (Å²) >= 11 is 0. The molecule has 1 aromatic rings. The van der Waals surface area contributed by atoms with E-state index in [-0.39, 0.29) is 26.4 Å². The van der Waals surface area contributed by atoms with Crippen LogP contribution in [0.3, 0.4) is 0 Å². The van der Waals surface area contributed by atoms with Crippen molar-refractivity contribution >= 4 is 5.97 Å². The van der Waals surface area contributed by atoms with Crippen LogP contribution in [0.25, 0.3) is 0 Å². The normalized spacial score (nSPS) is 11.2. The van der Waals surface area contributed by atoms with Gasteiger partial charge in [0.15, 0.2) is 0 Å². The summed E-state index contributed by atoms with van der Waals surface area (Å²) < 4.78 is 118. The number of ether oxygens (including phenoxy) is 10. The van der Waals surface area contributed by atoms with Crippen molar-refractivity contribution < 1.29 is 74.1 Å². The number of hydrogen-bond acceptors (Lipinski definition) is 11. The second kappa shape index (κ2) is 26.0. The molecule has 0 aliphatic rings. The molecule has 16 heteroatoms. The average molecular weight is 635 g/mol. The zero-order chi connectivity index (χ0) is 31.5. The second-order valence-electron chi connectivity index (χ2n) is 8.06. The first-order valence-electron chi connectivity index (χ1n) is 13.5. The summed E-state index contributed by atoms with van der Waals surface area (Å²) in [5.41, 5.74) is 0. The highest BCUT2D eigenvalue weighted by Crippen LogP contribution is 2.29. The Kier molecular flexibility index (Phi) is 23.3. The molecule has 0 aliphatic carbocycles. The maximum atomic E-state index is 13.5. The summed E-state index contributed by atoms with van der Waals surface area (Å²) in [6.45, 7) is 9.37. The first-order valence-corrected chi connectivity index (χ1v) is 13.5. The van der Waals surface area contributed by atoms with E-state index in [1.807, 2.05) is 0 Å². The molecule has 0 unspecified atom stereocenters. The second-order valence-corrected chi connectivity index (χ2v) is 8.06. The molecule has 248 valence electrons. The van der Waals surface area contributed by atoms with E-state index >= 15 is 0 Å². The maximum Gasteiger partial charge on any atom is 0.313 e. The van der Waals surface area contributed by atoms with Crippen molar-refractivity contribution in [1.82, 2.24) is 0 Å². The number of rotatable bonds is 29. The van der Waals surface area contributed by atoms with Gasteiger partial charge in [-0.3, -0.25) is 4.79 Å². The summed E-state index contributed by atoms with van der Waals surface area (Å²) in [4.78, 5) is 11.6. The van der Waals surface area contributed by atoms with Gasteiger partial charge in [0.05, 0.1) is 118 Å². The third-order valence-electron chi connectivity index (χ3n) is 4.90. The Morgan fingerprint density at radius 3 is 1.07 bits per heavy atom. The number of benzene rings is 1. The van der Waals surface area contributed by atoms with E-state index in [1.54, 1.807) is 0 Å². The van der Waals surface area contributed by atoms with E-state index in [4.69, 9.17) is 42.6 Å². The third-order valence-corrected chi connectivity index (χ3v) is 4.90. The van der Waals surface area contributed by atoms with Gasteiger partial charge in [-0.15, -0.1) is 0 Å². The molecule has 0 aromatic heterocycles. The standard InChI is InChI=1S/C27H39F5O11/c1-2-34-5-6-36-9-10-38-13-14-40-17-18-42-20-19-41-16-15-39-12-11-37-8-7-35-4-3-21(33)43-27-25(31)23(29)22(28)24(30)26(27)32/h2H,1,3-20H2. The van der Waals surface area contributed by atoms with Crippen LogP contribution in [0.15, 0.2) is 12.8 Å². The minimum atomic E-state index is -2.35. The molecule has 0 spiro atoms. The molecular weight excluding hydrogens is 595 g/mol. The summed E-state index contributed by atoms with van der Waals surface area (Å²) in [6.07, 6.45) is 0.883. The van der Waals surface area contributed by atoms with E-state index in [9.17, 15) is 26.7 Å². The molecule has 0 radical (unpaired) electrons. The summed E-state index contributed by atoms with van der Waals surface area (Å²) in [7, 11) is 0. The predicted molar refractivity (Wildman–Crippen MR) is 139 cm³/mol. The van der Waals surface area contributed by atoms with Gasteiger partial charge >= 0.3 is 5.97 Å². The van der Waals surface area contributed by atoms with Gasteiger partial charge in [0.1, 0.15) is 6.61 Å². The van der Waals surface area contributed by atoms with Crippen molar-refractivity contribution in [2.45, 2.75) is 6.42 Å². The van der Waals surface area contributed by atoms with Crippen molar-refractivity contribution in [3.8, 4) is 5.75 Å². The summed E-state index contributed by atoms with van der Waals surface area (Å²) in [5, 5.41) is 0. The molecule has 0 fully saturated rings. The van der Waals surface area contributed by atoms with Crippen LogP contribution in [0.4, 0.5) is 22.0 Å². The maximum absolute atomic E-state index is 13.5. The minimum absolute atomic E-state index is 0.0839. The van der Waals surface area contributed by atoms with Crippen molar-refractivity contribution in [3.63, 3.8) is 0 Å². The van der Waals surface area contributed by atoms with Crippen LogP contribution in [0.2, 0.25) is 0 Å². The first-order chi connectivity index (χ1) is 20.9. The van der Waals surface area contributed by atoms with Crippen molar-refractivity contribution in [2.24, 2.45) is 0 Å². The van der Waals surface area contributed by atoms with Crippen molar-refractivity contribution in [3.05, 3.63) is 41.9 Å². The molecule has 11 nitrogen and oxygen atoms in total. The first kappa shape index (κ1) is 38.6. The monoisotopic (exact) mass is 634 g/mol. The molecule has 0 saturated carbocycles. The van der Waals surface area contributed by atoms with E-state index in [0.717, 1.165) is 0 Å². The zero-order valence-electron chi connectivity index (χ0n) is 23.9. The summed E-state index contributed by atoms with van der Waals surface area (Å²) in [5.74, 6) is -14.1. The number of halogens is 5. The number of carbonyl (C=O) groups excluding carboxylic acids is 1. The molecule has 0 saturated heterocycles. The number of hydrogen-bond donors (Lipinski definition) is 0. The van der Waals surface area contributed by atoms with Crippen molar-refractivity contribution in [2.75, 3.05) is 112 Å². The smallest absolute Gasteiger partial charge is 0.313 e. The van der Waals surface area contributed by atoms with Gasteiger partial charge in [0.2, 0.25) is 34.8 Å². The summed E-state index contributed by atoms with van der Waals surface area (Å²) in [6, 6.07) is 0. The highest BCUT2D eigenvalue weighted by atomic mass is 19.2. The Labute approximate surface area is 247 Å². The van der Waals surface area contributed by atoms with Crippen LogP contribution in [0.5, 0.6) is 5.75 Å². The molecule has 43 heavy (non-hydrogen) atoms. The minimum Gasteiger partial charge on any atom is -0.499 e. The molecule has 0 aliphatic heterocycles. The lowest BCUT2D eigenvalue weighted by Gasteiger charge is -2.09. The molecule has 0 bridgehead atoms. The topological polar surface area (TPSA) is 109 Å². The van der Waals surface area contributed by atoms with E-state index in [1.165, 1.54) is 6.26 Å². The fraction of sp³-hybridized carbons (Fsp3) is 0.667. The van der Waals surface area contributed by atoms with Crippen LogP contribution in [-0.2, 0) is 47.4 Å². The van der Waals surface area contributed by atoms with Crippen LogP contribution < -0.4 is 4.74 Å². The number of carbonyl (C=O) groups is 1. The van der Waals surface area contributed by atoms with Crippen LogP contribution in [-0.4, -0.2) is 118 Å². The Balaban J connectivity index is 1.81. The van der Waals surface area contributed by atoms with Crippen LogP contribution in [0, 0.1) is 29.1 Å². The quantitative estimate of drug-likeness (QED) is 0.0247. The molecule has 1 aromatic carbocycles. The molecule has 0 amide bonds. The molecule has 0 atom stereocenters. The van der Waals surface area contributed by atoms with Gasteiger partial charge in [0, 0.05) is 0 Å². The Morgan fingerprint density at radius 1 is 0.465 bits per heavy atom. The fourth-order valence-electron chi connectivity index (χ4n) is 2.83. The van der Waals surface area contributed by atoms with Crippen LogP contribution >= 0.6 is 0 Å². The fourth-order valence-corrected chi connectivity index (χ4v) is 2.83. The predicted octanol–water partition coefficient (Wildman–Crippen LogP) is 2.97. The Bertz CT molecular complexity index is 866. The third kappa shape index (κ3) is 18.7. The number of esters is 1. The molecule has 0 N–H and O–H groups in total. The van der Waals surface area contributed by atoms with E-state index < -0.39 is 47.2 Å².